The van der Waals surface area contributed by atoms with Crippen LogP contribution in [0.5, 0.6) is 0 Å². The fourth-order valence-electron chi connectivity index (χ4n) is 2.78. The van der Waals surface area contributed by atoms with E-state index >= 15 is 0 Å². The van der Waals surface area contributed by atoms with Crippen molar-refractivity contribution in [3.63, 3.8) is 0 Å². The molecule has 0 unspecified atom stereocenters. The normalized spacial score (nSPS) is 10.2. The van der Waals surface area contributed by atoms with E-state index in [0.29, 0.717) is 24.2 Å². The third-order valence-corrected chi connectivity index (χ3v) is 4.44. The monoisotopic (exact) mass is 421 g/mol. The van der Waals surface area contributed by atoms with Crippen LogP contribution in [0.4, 0.5) is 15.8 Å². The number of hydrogen-bond acceptors (Lipinski definition) is 3. The number of benzene rings is 3. The molecular formula is C23H20FN3O2S. The number of aryl methyl sites for hydroxylation is 1. The average molecular weight is 421 g/mol. The minimum Gasteiger partial charge on any atom is -0.332 e. The topological polar surface area (TPSA) is 70.2 Å². The molecule has 0 aliphatic rings. The van der Waals surface area contributed by atoms with Crippen molar-refractivity contribution < 1.29 is 14.0 Å². The van der Waals surface area contributed by atoms with Crippen molar-refractivity contribution in [2.75, 3.05) is 10.6 Å². The van der Waals surface area contributed by atoms with E-state index in [2.05, 4.69) is 16.0 Å². The van der Waals surface area contributed by atoms with Gasteiger partial charge in [0.05, 0.1) is 5.56 Å². The first-order chi connectivity index (χ1) is 14.5. The van der Waals surface area contributed by atoms with E-state index in [9.17, 15) is 14.0 Å². The first kappa shape index (κ1) is 21.1. The van der Waals surface area contributed by atoms with E-state index < -0.39 is 11.7 Å². The number of carbonyl (C=O) groups is 2. The third kappa shape index (κ3) is 6.22. The van der Waals surface area contributed by atoms with E-state index in [1.54, 1.807) is 30.3 Å². The Morgan fingerprint density at radius 3 is 2.23 bits per heavy atom. The summed E-state index contributed by atoms with van der Waals surface area (Å²) >= 11 is 5.13. The molecule has 0 radical (unpaired) electrons. The van der Waals surface area contributed by atoms with Gasteiger partial charge in [-0.05, 0) is 54.5 Å². The van der Waals surface area contributed by atoms with Crippen LogP contribution >= 0.6 is 12.2 Å². The van der Waals surface area contributed by atoms with Crippen LogP contribution in [-0.2, 0) is 11.2 Å². The lowest BCUT2D eigenvalue weighted by Gasteiger charge is -2.12. The van der Waals surface area contributed by atoms with Crippen LogP contribution in [-0.4, -0.2) is 16.9 Å². The van der Waals surface area contributed by atoms with Crippen LogP contribution < -0.4 is 16.0 Å². The highest BCUT2D eigenvalue weighted by atomic mass is 32.1. The fraction of sp³-hybridized carbons (Fsp3) is 0.0870. The lowest BCUT2D eigenvalue weighted by molar-refractivity contribution is -0.116. The molecular weight excluding hydrogens is 401 g/mol. The maximum atomic E-state index is 13.7. The summed E-state index contributed by atoms with van der Waals surface area (Å²) in [6.45, 7) is 0. The molecule has 3 rings (SSSR count). The maximum Gasteiger partial charge on any atom is 0.260 e. The molecule has 7 heteroatoms. The van der Waals surface area contributed by atoms with Crippen LogP contribution in [0, 0.1) is 5.82 Å². The minimum absolute atomic E-state index is 0.0239. The van der Waals surface area contributed by atoms with Gasteiger partial charge in [-0.3, -0.25) is 14.9 Å². The molecule has 0 aliphatic heterocycles. The molecule has 0 bridgehead atoms. The molecule has 0 saturated carbocycles. The molecule has 0 aromatic heterocycles. The second-order valence-electron chi connectivity index (χ2n) is 6.50. The number of hydrogen-bond donors (Lipinski definition) is 3. The van der Waals surface area contributed by atoms with Crippen LogP contribution in [0.1, 0.15) is 22.3 Å². The van der Waals surface area contributed by atoms with Gasteiger partial charge in [-0.2, -0.15) is 0 Å². The highest BCUT2D eigenvalue weighted by Crippen LogP contribution is 2.16. The van der Waals surface area contributed by atoms with Crippen molar-refractivity contribution in [1.82, 2.24) is 5.32 Å². The number of anilines is 2. The third-order valence-electron chi connectivity index (χ3n) is 4.23. The van der Waals surface area contributed by atoms with Gasteiger partial charge in [-0.1, -0.05) is 48.5 Å². The summed E-state index contributed by atoms with van der Waals surface area (Å²) in [5, 5.41) is 8.16. The smallest absolute Gasteiger partial charge is 0.260 e. The quantitative estimate of drug-likeness (QED) is 0.512. The predicted octanol–water partition coefficient (Wildman–Crippen LogP) is 4.52. The van der Waals surface area contributed by atoms with Crippen molar-refractivity contribution in [3.8, 4) is 0 Å². The molecule has 3 N–H and O–H groups in total. The van der Waals surface area contributed by atoms with E-state index in [1.807, 2.05) is 30.3 Å². The molecule has 0 aliphatic carbocycles. The number of amides is 2. The second kappa shape index (κ2) is 10.3. The molecule has 3 aromatic carbocycles. The van der Waals surface area contributed by atoms with Crippen molar-refractivity contribution in [2.24, 2.45) is 0 Å². The average Bonchev–Trinajstić information content (AvgIpc) is 2.73. The zero-order chi connectivity index (χ0) is 21.3. The molecule has 0 saturated heterocycles. The summed E-state index contributed by atoms with van der Waals surface area (Å²) in [5.74, 6) is -1.37. The molecule has 152 valence electrons. The van der Waals surface area contributed by atoms with Gasteiger partial charge in [0, 0.05) is 17.8 Å². The lowest BCUT2D eigenvalue weighted by atomic mass is 10.1. The van der Waals surface area contributed by atoms with Gasteiger partial charge < -0.3 is 10.6 Å². The molecule has 0 spiro atoms. The Labute approximate surface area is 179 Å². The van der Waals surface area contributed by atoms with Crippen molar-refractivity contribution in [1.29, 1.82) is 0 Å². The zero-order valence-electron chi connectivity index (χ0n) is 16.0. The summed E-state index contributed by atoms with van der Waals surface area (Å²) in [6, 6.07) is 22.4. The molecule has 2 amide bonds. The maximum absolute atomic E-state index is 13.7. The number of halogens is 1. The second-order valence-corrected chi connectivity index (χ2v) is 6.91. The van der Waals surface area contributed by atoms with E-state index in [-0.39, 0.29) is 16.6 Å². The molecule has 0 atom stereocenters. The summed E-state index contributed by atoms with van der Waals surface area (Å²) in [6.07, 6.45) is 1.01. The Morgan fingerprint density at radius 1 is 0.833 bits per heavy atom. The SMILES string of the molecule is O=C(CCc1ccccc1)Nc1cccc(NC(=S)NC(=O)c2ccccc2F)c1. The zero-order valence-corrected chi connectivity index (χ0v) is 16.8. The van der Waals surface area contributed by atoms with E-state index in [1.165, 1.54) is 18.2 Å². The van der Waals surface area contributed by atoms with Gasteiger partial charge in [-0.25, -0.2) is 4.39 Å². The van der Waals surface area contributed by atoms with Gasteiger partial charge in [-0.15, -0.1) is 0 Å². The number of carbonyl (C=O) groups excluding carboxylic acids is 2. The molecule has 30 heavy (non-hydrogen) atoms. The summed E-state index contributed by atoms with van der Waals surface area (Å²) in [4.78, 5) is 24.3. The fourth-order valence-corrected chi connectivity index (χ4v) is 2.99. The van der Waals surface area contributed by atoms with Crippen molar-refractivity contribution >= 4 is 40.5 Å². The Bertz CT molecular complexity index is 1060. The number of nitrogens with one attached hydrogen (secondary N) is 3. The largest absolute Gasteiger partial charge is 0.332 e. The lowest BCUT2D eigenvalue weighted by Crippen LogP contribution is -2.34. The Hall–Kier alpha value is -3.58. The Balaban J connectivity index is 1.53. The summed E-state index contributed by atoms with van der Waals surface area (Å²) < 4.78 is 13.7. The number of rotatable bonds is 6. The molecule has 0 fully saturated rings. The summed E-state index contributed by atoms with van der Waals surface area (Å²) in [5.41, 5.74) is 2.18. The van der Waals surface area contributed by atoms with Crippen LogP contribution in [0.3, 0.4) is 0 Å². The van der Waals surface area contributed by atoms with Gasteiger partial charge in [0.15, 0.2) is 5.11 Å². The number of thiocarbonyl (C=S) groups is 1. The Kier molecular flexibility index (Phi) is 7.24. The molecule has 5 nitrogen and oxygen atoms in total. The van der Waals surface area contributed by atoms with Gasteiger partial charge in [0.1, 0.15) is 5.82 Å². The van der Waals surface area contributed by atoms with Gasteiger partial charge >= 0.3 is 0 Å². The van der Waals surface area contributed by atoms with E-state index in [4.69, 9.17) is 12.2 Å². The van der Waals surface area contributed by atoms with Crippen LogP contribution in [0.15, 0.2) is 78.9 Å². The first-order valence-corrected chi connectivity index (χ1v) is 9.73. The van der Waals surface area contributed by atoms with Crippen LogP contribution in [0.2, 0.25) is 0 Å². The molecule has 0 heterocycles. The summed E-state index contributed by atoms with van der Waals surface area (Å²) in [7, 11) is 0. The highest BCUT2D eigenvalue weighted by Gasteiger charge is 2.12. The van der Waals surface area contributed by atoms with E-state index in [0.717, 1.165) is 5.56 Å². The predicted molar refractivity (Wildman–Crippen MR) is 120 cm³/mol. The van der Waals surface area contributed by atoms with Crippen molar-refractivity contribution in [2.45, 2.75) is 12.8 Å². The van der Waals surface area contributed by atoms with Crippen molar-refractivity contribution in [3.05, 3.63) is 95.8 Å². The van der Waals surface area contributed by atoms with Crippen LogP contribution in [0.25, 0.3) is 0 Å². The first-order valence-electron chi connectivity index (χ1n) is 9.32. The molecule has 3 aromatic rings. The van der Waals surface area contributed by atoms with Gasteiger partial charge in [0.25, 0.3) is 5.91 Å². The Morgan fingerprint density at radius 2 is 1.50 bits per heavy atom. The van der Waals surface area contributed by atoms with Gasteiger partial charge in [0.2, 0.25) is 5.91 Å². The standard InChI is InChI=1S/C23H20FN3O2S/c24-20-12-5-4-11-19(20)22(29)27-23(30)26-18-10-6-9-17(15-18)25-21(28)14-13-16-7-2-1-3-8-16/h1-12,15H,13-14H2,(H,25,28)(H2,26,27,29,30). The minimum atomic E-state index is -0.643. The highest BCUT2D eigenvalue weighted by molar-refractivity contribution is 7.80.